The summed E-state index contributed by atoms with van der Waals surface area (Å²) in [7, 11) is 1.64. The van der Waals surface area contributed by atoms with Crippen LogP contribution < -0.4 is 21.1 Å². The maximum Gasteiger partial charge on any atom is 0.224 e. The number of nitrogens with two attached hydrogens (primary N) is 1. The molecule has 1 unspecified atom stereocenters. The number of nitrogens with zero attached hydrogens (tertiary/aromatic N) is 1. The summed E-state index contributed by atoms with van der Waals surface area (Å²) in [6.07, 6.45) is 1.26. The molecule has 7 nitrogen and oxygen atoms in total. The van der Waals surface area contributed by atoms with Gasteiger partial charge in [-0.2, -0.15) is 0 Å². The summed E-state index contributed by atoms with van der Waals surface area (Å²) in [5.74, 6) is 1.21. The van der Waals surface area contributed by atoms with Crippen molar-refractivity contribution >= 4 is 41.5 Å². The highest BCUT2D eigenvalue weighted by Crippen LogP contribution is 2.26. The Labute approximate surface area is 159 Å². The van der Waals surface area contributed by atoms with E-state index in [9.17, 15) is 4.79 Å². The van der Waals surface area contributed by atoms with Crippen LogP contribution in [0.3, 0.4) is 0 Å². The Morgan fingerprint density at radius 3 is 3.00 bits per heavy atom. The molecule has 8 heteroatoms. The number of guanidine groups is 1. The van der Waals surface area contributed by atoms with Crippen LogP contribution in [0.25, 0.3) is 0 Å². The number of methoxy groups -OCH3 is 1. The number of anilines is 1. The molecule has 1 aromatic rings. The second kappa shape index (κ2) is 10.3. The van der Waals surface area contributed by atoms with Crippen molar-refractivity contribution in [2.45, 2.75) is 25.8 Å². The Bertz CT molecular complexity index is 580. The van der Waals surface area contributed by atoms with Crippen molar-refractivity contribution in [3.8, 4) is 5.75 Å². The summed E-state index contributed by atoms with van der Waals surface area (Å²) in [4.78, 5) is 15.5. The minimum absolute atomic E-state index is 0. The zero-order valence-corrected chi connectivity index (χ0v) is 16.3. The van der Waals surface area contributed by atoms with Crippen molar-refractivity contribution in [3.05, 3.63) is 23.8 Å². The zero-order valence-electron chi connectivity index (χ0n) is 14.0. The van der Waals surface area contributed by atoms with E-state index in [0.717, 1.165) is 23.4 Å². The van der Waals surface area contributed by atoms with Crippen LogP contribution >= 0.6 is 24.0 Å². The van der Waals surface area contributed by atoms with Gasteiger partial charge in [0.25, 0.3) is 0 Å². The van der Waals surface area contributed by atoms with Crippen LogP contribution in [-0.4, -0.2) is 44.8 Å². The molecule has 0 saturated carbocycles. The van der Waals surface area contributed by atoms with Crippen molar-refractivity contribution in [2.24, 2.45) is 10.7 Å². The number of carbonyl (C=O) groups is 1. The summed E-state index contributed by atoms with van der Waals surface area (Å²) in [6.45, 7) is 3.44. The lowest BCUT2D eigenvalue weighted by Gasteiger charge is -2.17. The molecular weight excluding hydrogens is 423 g/mol. The molecule has 1 amide bonds. The normalized spacial score (nSPS) is 14.9. The number of aliphatic imine (C=N–C) groups is 1. The molecule has 1 aliphatic heterocycles. The third-order valence-corrected chi connectivity index (χ3v) is 3.43. The number of fused-ring (bicyclic) bond motifs is 1. The molecule has 0 saturated heterocycles. The van der Waals surface area contributed by atoms with E-state index < -0.39 is 0 Å². The zero-order chi connectivity index (χ0) is 16.7. The number of amides is 1. The number of nitrogens with one attached hydrogen (secondary N) is 2. The van der Waals surface area contributed by atoms with Gasteiger partial charge in [-0.15, -0.1) is 24.0 Å². The van der Waals surface area contributed by atoms with Crippen LogP contribution in [0.1, 0.15) is 18.9 Å². The third-order valence-electron chi connectivity index (χ3n) is 3.43. The van der Waals surface area contributed by atoms with E-state index in [1.807, 2.05) is 25.1 Å². The van der Waals surface area contributed by atoms with Crippen molar-refractivity contribution < 1.29 is 14.3 Å². The lowest BCUT2D eigenvalue weighted by atomic mass is 10.0. The van der Waals surface area contributed by atoms with Crippen molar-refractivity contribution in [3.63, 3.8) is 0 Å². The Hall–Kier alpha value is -1.55. The van der Waals surface area contributed by atoms with Gasteiger partial charge in [-0.25, -0.2) is 4.99 Å². The number of halogens is 1. The predicted octanol–water partition coefficient (Wildman–Crippen LogP) is 1.51. The van der Waals surface area contributed by atoms with Gasteiger partial charge >= 0.3 is 0 Å². The van der Waals surface area contributed by atoms with Gasteiger partial charge in [-0.05, 0) is 37.1 Å². The minimum Gasteiger partial charge on any atom is -0.492 e. The summed E-state index contributed by atoms with van der Waals surface area (Å²) in [6, 6.07) is 5.78. The van der Waals surface area contributed by atoms with Crippen LogP contribution in [-0.2, 0) is 16.0 Å². The number of rotatable bonds is 7. The molecule has 1 atom stereocenters. The summed E-state index contributed by atoms with van der Waals surface area (Å²) in [5.41, 5.74) is 7.74. The van der Waals surface area contributed by atoms with E-state index in [1.165, 1.54) is 0 Å². The molecule has 2 rings (SSSR count). The van der Waals surface area contributed by atoms with Crippen LogP contribution in [0.4, 0.5) is 5.69 Å². The Morgan fingerprint density at radius 2 is 2.25 bits per heavy atom. The standard InChI is InChI=1S/C16H24N4O3.HI/c1-11(10-22-2)19-16(17)18-7-8-23-13-4-5-14-12(9-13)3-6-15(21)20-14;/h4-5,9,11H,3,6-8,10H2,1-2H3,(H,20,21)(H3,17,18,19);1H. The first-order chi connectivity index (χ1) is 11.1. The molecule has 0 aliphatic carbocycles. The summed E-state index contributed by atoms with van der Waals surface area (Å²) < 4.78 is 10.7. The Kier molecular flexibility index (Phi) is 8.83. The number of hydrogen-bond donors (Lipinski definition) is 3. The van der Waals surface area contributed by atoms with Gasteiger partial charge in [0.1, 0.15) is 12.4 Å². The number of aryl methyl sites for hydroxylation is 1. The number of benzene rings is 1. The fraction of sp³-hybridized carbons (Fsp3) is 0.500. The second-order valence-electron chi connectivity index (χ2n) is 5.48. The fourth-order valence-electron chi connectivity index (χ4n) is 2.37. The van der Waals surface area contributed by atoms with Crippen LogP contribution in [0.15, 0.2) is 23.2 Å². The quantitative estimate of drug-likeness (QED) is 0.254. The van der Waals surface area contributed by atoms with Gasteiger partial charge in [0.05, 0.1) is 13.2 Å². The lowest BCUT2D eigenvalue weighted by Crippen LogP contribution is -2.40. The molecule has 0 fully saturated rings. The van der Waals surface area contributed by atoms with E-state index in [1.54, 1.807) is 7.11 Å². The molecule has 0 radical (unpaired) electrons. The average molecular weight is 448 g/mol. The number of carbonyl (C=O) groups excluding carboxylic acids is 1. The number of hydrogen-bond acceptors (Lipinski definition) is 4. The largest absolute Gasteiger partial charge is 0.492 e. The molecule has 1 aliphatic rings. The molecule has 0 spiro atoms. The maximum atomic E-state index is 11.3. The van der Waals surface area contributed by atoms with Gasteiger partial charge in [0, 0.05) is 25.3 Å². The summed E-state index contributed by atoms with van der Waals surface area (Å²) in [5, 5.41) is 5.88. The van der Waals surface area contributed by atoms with Gasteiger partial charge in [-0.3, -0.25) is 4.79 Å². The van der Waals surface area contributed by atoms with Gasteiger partial charge in [0.2, 0.25) is 5.91 Å². The third kappa shape index (κ3) is 6.52. The topological polar surface area (TPSA) is 98.0 Å². The molecular formula is C16H25IN4O3. The Morgan fingerprint density at radius 1 is 1.46 bits per heavy atom. The predicted molar refractivity (Wildman–Crippen MR) is 105 cm³/mol. The van der Waals surface area contributed by atoms with Crippen molar-refractivity contribution in [2.75, 3.05) is 32.2 Å². The molecule has 1 aromatic carbocycles. The highest BCUT2D eigenvalue weighted by atomic mass is 127. The molecule has 1 heterocycles. The average Bonchev–Trinajstić information content (AvgIpc) is 2.51. The fourth-order valence-corrected chi connectivity index (χ4v) is 2.37. The van der Waals surface area contributed by atoms with Gasteiger partial charge < -0.3 is 25.8 Å². The van der Waals surface area contributed by atoms with Crippen molar-refractivity contribution in [1.29, 1.82) is 0 Å². The lowest BCUT2D eigenvalue weighted by molar-refractivity contribution is -0.116. The smallest absolute Gasteiger partial charge is 0.224 e. The molecule has 0 bridgehead atoms. The van der Waals surface area contributed by atoms with Gasteiger partial charge in [0.15, 0.2) is 5.96 Å². The van der Waals surface area contributed by atoms with Crippen LogP contribution in [0.5, 0.6) is 5.75 Å². The van der Waals surface area contributed by atoms with E-state index in [4.69, 9.17) is 15.2 Å². The van der Waals surface area contributed by atoms with Crippen molar-refractivity contribution in [1.82, 2.24) is 5.32 Å². The monoisotopic (exact) mass is 448 g/mol. The van der Waals surface area contributed by atoms with Crippen LogP contribution in [0.2, 0.25) is 0 Å². The minimum atomic E-state index is 0. The second-order valence-corrected chi connectivity index (χ2v) is 5.48. The van der Waals surface area contributed by atoms with Gasteiger partial charge in [-0.1, -0.05) is 0 Å². The van der Waals surface area contributed by atoms with E-state index >= 15 is 0 Å². The molecule has 4 N–H and O–H groups in total. The first-order valence-corrected chi connectivity index (χ1v) is 7.69. The van der Waals surface area contributed by atoms with E-state index in [-0.39, 0.29) is 35.9 Å². The van der Waals surface area contributed by atoms with Crippen LogP contribution in [0, 0.1) is 0 Å². The molecule has 24 heavy (non-hydrogen) atoms. The van der Waals surface area contributed by atoms with E-state index in [0.29, 0.717) is 32.1 Å². The first kappa shape index (κ1) is 20.5. The van der Waals surface area contributed by atoms with E-state index in [2.05, 4.69) is 15.6 Å². The molecule has 0 aromatic heterocycles. The Balaban J connectivity index is 0.00000288. The highest BCUT2D eigenvalue weighted by molar-refractivity contribution is 14.0. The highest BCUT2D eigenvalue weighted by Gasteiger charge is 2.14. The SMILES string of the molecule is COCC(C)NC(N)=NCCOc1ccc2c(c1)CCC(=O)N2.I. The summed E-state index contributed by atoms with van der Waals surface area (Å²) >= 11 is 0. The number of ether oxygens (including phenoxy) is 2. The maximum absolute atomic E-state index is 11.3. The first-order valence-electron chi connectivity index (χ1n) is 7.69. The molecule has 134 valence electrons.